The van der Waals surface area contributed by atoms with E-state index in [0.29, 0.717) is 29.9 Å². The van der Waals surface area contributed by atoms with Crippen LogP contribution in [-0.4, -0.2) is 49.8 Å². The summed E-state index contributed by atoms with van der Waals surface area (Å²) in [6, 6.07) is 0.259. The van der Waals surface area contributed by atoms with Crippen LogP contribution in [0.5, 0.6) is 0 Å². The number of furan rings is 1. The van der Waals surface area contributed by atoms with Crippen LogP contribution in [0.4, 0.5) is 0 Å². The van der Waals surface area contributed by atoms with Crippen molar-refractivity contribution in [2.24, 2.45) is 5.41 Å². The van der Waals surface area contributed by atoms with Crippen molar-refractivity contribution in [3.8, 4) is 0 Å². The summed E-state index contributed by atoms with van der Waals surface area (Å²) in [6.45, 7) is 8.16. The quantitative estimate of drug-likeness (QED) is 0.892. The van der Waals surface area contributed by atoms with Crippen LogP contribution in [0, 0.1) is 12.3 Å². The average molecular weight is 333 g/mol. The number of likely N-dealkylation sites (tertiary alicyclic amines) is 1. The van der Waals surface area contributed by atoms with Gasteiger partial charge < -0.3 is 14.2 Å². The monoisotopic (exact) mass is 333 g/mol. The Morgan fingerprint density at radius 2 is 1.88 bits per heavy atom. The highest BCUT2D eigenvalue weighted by atomic mass is 16.4. The molecule has 1 saturated heterocycles. The predicted octanol–water partition coefficient (Wildman–Crippen LogP) is 1.49. The number of rotatable bonds is 2. The highest BCUT2D eigenvalue weighted by Gasteiger charge is 2.38. The molecule has 5 nitrogen and oxygen atoms in total. The van der Waals surface area contributed by atoms with Gasteiger partial charge in [0.2, 0.25) is 0 Å². The van der Waals surface area contributed by atoms with Gasteiger partial charge in [0.05, 0.1) is 25.7 Å². The highest BCUT2D eigenvalue weighted by Crippen LogP contribution is 2.38. The molecule has 0 bridgehead atoms. The van der Waals surface area contributed by atoms with E-state index in [1.807, 2.05) is 18.9 Å². The molecule has 1 fully saturated rings. The Morgan fingerprint density at radius 1 is 1.25 bits per heavy atom. The van der Waals surface area contributed by atoms with Gasteiger partial charge in [0.15, 0.2) is 11.5 Å². The maximum Gasteiger partial charge on any atom is 0.289 e. The third kappa shape index (κ3) is 3.02. The molecule has 1 aliphatic heterocycles. The zero-order chi connectivity index (χ0) is 17.6. The van der Waals surface area contributed by atoms with E-state index < -0.39 is 0 Å². The second kappa shape index (κ2) is 6.03. The molecule has 2 heterocycles. The molecule has 1 amide bonds. The van der Waals surface area contributed by atoms with Crippen LogP contribution in [-0.2, 0) is 6.42 Å². The number of carbonyl (C=O) groups is 2. The summed E-state index contributed by atoms with van der Waals surface area (Å²) < 4.78 is 5.92. The molecule has 2 aliphatic rings. The van der Waals surface area contributed by atoms with Gasteiger partial charge in [-0.15, -0.1) is 0 Å². The molecule has 0 spiro atoms. The van der Waals surface area contributed by atoms with Gasteiger partial charge >= 0.3 is 0 Å². The van der Waals surface area contributed by atoms with Crippen LogP contribution in [0.2, 0.25) is 0 Å². The number of hydrogen-bond acceptors (Lipinski definition) is 3. The first kappa shape index (κ1) is 17.2. The number of nitrogens with one attached hydrogen (secondary N) is 1. The number of amides is 1. The Morgan fingerprint density at radius 3 is 2.50 bits per heavy atom. The lowest BCUT2D eigenvalue weighted by molar-refractivity contribution is -0.885. The van der Waals surface area contributed by atoms with Crippen molar-refractivity contribution < 1.29 is 18.9 Å². The van der Waals surface area contributed by atoms with Crippen molar-refractivity contribution >= 4 is 11.7 Å². The standard InChI is InChI=1S/C19H28N2O3/c1-12-16-14(22)10-19(2,3)11-15(16)24-17(12)18(23)21(5)13-6-8-20(4)9-7-13/h13H,6-11H2,1-5H3/p+1. The van der Waals surface area contributed by atoms with Gasteiger partial charge in [0.25, 0.3) is 5.91 Å². The molecule has 1 N–H and O–H groups in total. The zero-order valence-corrected chi connectivity index (χ0v) is 15.5. The van der Waals surface area contributed by atoms with Gasteiger partial charge in [-0.05, 0) is 12.3 Å². The van der Waals surface area contributed by atoms with Crippen LogP contribution >= 0.6 is 0 Å². The van der Waals surface area contributed by atoms with Crippen molar-refractivity contribution in [1.29, 1.82) is 0 Å². The molecule has 0 radical (unpaired) electrons. The molecule has 1 aromatic rings. The fourth-order valence-electron chi connectivity index (χ4n) is 4.10. The minimum Gasteiger partial charge on any atom is -0.455 e. The summed E-state index contributed by atoms with van der Waals surface area (Å²) in [7, 11) is 4.05. The van der Waals surface area contributed by atoms with Gasteiger partial charge in [-0.1, -0.05) is 13.8 Å². The van der Waals surface area contributed by atoms with Crippen LogP contribution < -0.4 is 4.90 Å². The molecule has 0 atom stereocenters. The van der Waals surface area contributed by atoms with Crippen LogP contribution in [0.3, 0.4) is 0 Å². The highest BCUT2D eigenvalue weighted by molar-refractivity contribution is 6.03. The number of fused-ring (bicyclic) bond motifs is 1. The van der Waals surface area contributed by atoms with Crippen molar-refractivity contribution in [2.75, 3.05) is 27.2 Å². The normalized spacial score (nSPS) is 26.1. The Balaban J connectivity index is 1.85. The Bertz CT molecular complexity index is 666. The molecule has 0 aromatic carbocycles. The topological polar surface area (TPSA) is 55.0 Å². The van der Waals surface area contributed by atoms with E-state index in [4.69, 9.17) is 4.42 Å². The van der Waals surface area contributed by atoms with Crippen LogP contribution in [0.15, 0.2) is 4.42 Å². The van der Waals surface area contributed by atoms with Gasteiger partial charge in [0, 0.05) is 44.3 Å². The second-order valence-electron chi connectivity index (χ2n) is 8.40. The molecule has 1 aromatic heterocycles. The summed E-state index contributed by atoms with van der Waals surface area (Å²) in [5.41, 5.74) is 1.27. The third-order valence-electron chi connectivity index (χ3n) is 5.65. The third-order valence-corrected chi connectivity index (χ3v) is 5.65. The number of Topliss-reactive ketones (excluding diaryl/α,β-unsaturated/α-hetero) is 1. The molecule has 0 unspecified atom stereocenters. The molecule has 24 heavy (non-hydrogen) atoms. The zero-order valence-electron chi connectivity index (χ0n) is 15.5. The lowest BCUT2D eigenvalue weighted by Gasteiger charge is -2.32. The number of quaternary nitrogens is 1. The molecule has 3 rings (SSSR count). The first-order chi connectivity index (χ1) is 11.2. The van der Waals surface area contributed by atoms with Gasteiger partial charge in [-0.2, -0.15) is 0 Å². The summed E-state index contributed by atoms with van der Waals surface area (Å²) in [5.74, 6) is 1.07. The molecule has 5 heteroatoms. The smallest absolute Gasteiger partial charge is 0.289 e. The van der Waals surface area contributed by atoms with E-state index in [9.17, 15) is 9.59 Å². The number of carbonyl (C=O) groups excluding carboxylic acids is 2. The lowest BCUT2D eigenvalue weighted by atomic mass is 9.76. The number of hydrogen-bond donors (Lipinski definition) is 1. The summed E-state index contributed by atoms with van der Waals surface area (Å²) >= 11 is 0. The number of piperidine rings is 1. The minimum absolute atomic E-state index is 0.0861. The van der Waals surface area contributed by atoms with Crippen molar-refractivity contribution in [2.45, 2.75) is 52.5 Å². The minimum atomic E-state index is -0.0999. The molecular formula is C19H29N2O3+. The van der Waals surface area contributed by atoms with Gasteiger partial charge in [-0.25, -0.2) is 0 Å². The second-order valence-corrected chi connectivity index (χ2v) is 8.40. The fourth-order valence-corrected chi connectivity index (χ4v) is 4.10. The number of ketones is 1. The summed E-state index contributed by atoms with van der Waals surface area (Å²) in [4.78, 5) is 28.8. The molecule has 0 saturated carbocycles. The average Bonchev–Trinajstić information content (AvgIpc) is 2.82. The summed E-state index contributed by atoms with van der Waals surface area (Å²) in [5, 5.41) is 0. The maximum absolute atomic E-state index is 12.9. The van der Waals surface area contributed by atoms with E-state index in [0.717, 1.165) is 31.5 Å². The maximum atomic E-state index is 12.9. The molecule has 1 aliphatic carbocycles. The predicted molar refractivity (Wildman–Crippen MR) is 91.6 cm³/mol. The SMILES string of the molecule is Cc1c(C(=O)N(C)C2CC[NH+](C)CC2)oc2c1C(=O)CC(C)(C)C2. The largest absolute Gasteiger partial charge is 0.455 e. The van der Waals surface area contributed by atoms with Crippen molar-refractivity contribution in [1.82, 2.24) is 4.90 Å². The van der Waals surface area contributed by atoms with E-state index >= 15 is 0 Å². The number of nitrogens with zero attached hydrogens (tertiary/aromatic N) is 1. The van der Waals surface area contributed by atoms with E-state index in [1.165, 1.54) is 4.90 Å². The Hall–Kier alpha value is -1.62. The molecular weight excluding hydrogens is 304 g/mol. The lowest BCUT2D eigenvalue weighted by Crippen LogP contribution is -3.10. The summed E-state index contributed by atoms with van der Waals surface area (Å²) in [6.07, 6.45) is 3.25. The van der Waals surface area contributed by atoms with Crippen LogP contribution in [0.1, 0.15) is 65.3 Å². The van der Waals surface area contributed by atoms with Gasteiger partial charge in [-0.3, -0.25) is 9.59 Å². The fraction of sp³-hybridized carbons (Fsp3) is 0.684. The Kier molecular flexibility index (Phi) is 4.32. The first-order valence-corrected chi connectivity index (χ1v) is 8.93. The van der Waals surface area contributed by atoms with Crippen molar-refractivity contribution in [3.63, 3.8) is 0 Å². The van der Waals surface area contributed by atoms with Crippen LogP contribution in [0.25, 0.3) is 0 Å². The van der Waals surface area contributed by atoms with E-state index in [1.54, 1.807) is 0 Å². The van der Waals surface area contributed by atoms with E-state index in [2.05, 4.69) is 20.9 Å². The molecule has 132 valence electrons. The van der Waals surface area contributed by atoms with Gasteiger partial charge in [0.1, 0.15) is 5.76 Å². The van der Waals surface area contributed by atoms with Crippen molar-refractivity contribution in [3.05, 3.63) is 22.6 Å². The van der Waals surface area contributed by atoms with E-state index in [-0.39, 0.29) is 23.1 Å². The Labute approximate surface area is 144 Å². The first-order valence-electron chi connectivity index (χ1n) is 8.93.